The van der Waals surface area contributed by atoms with Crippen molar-refractivity contribution in [2.24, 2.45) is 0 Å². The van der Waals surface area contributed by atoms with Crippen LogP contribution in [0.3, 0.4) is 0 Å². The minimum Gasteiger partial charge on any atom is -0.539 e. The number of rotatable bonds is 7. The fourth-order valence-corrected chi connectivity index (χ4v) is 12.0. The standard InChI is InChI=1S/C21H28F6OSi2/c1-11(2)30(12(3)4,9-8-29(5,6)7)28-21-16(23)13-10-14(22)17(24)18(25)15(13)19(26)20(21)27/h10-12H,8-9H2,1-7H3. The van der Waals surface area contributed by atoms with Gasteiger partial charge in [0, 0.05) is 13.5 Å². The average Bonchev–Trinajstić information content (AvgIpc) is 2.62. The third kappa shape index (κ3) is 4.42. The van der Waals surface area contributed by atoms with E-state index in [2.05, 4.69) is 19.6 Å². The Morgan fingerprint density at radius 1 is 0.733 bits per heavy atom. The molecule has 0 aromatic heterocycles. The first-order chi connectivity index (χ1) is 13.6. The lowest BCUT2D eigenvalue weighted by Gasteiger charge is -2.40. The van der Waals surface area contributed by atoms with Gasteiger partial charge in [0.2, 0.25) is 5.82 Å². The molecule has 0 heterocycles. The summed E-state index contributed by atoms with van der Waals surface area (Å²) in [4.78, 5) is 0. The summed E-state index contributed by atoms with van der Waals surface area (Å²) in [6.45, 7) is 14.1. The summed E-state index contributed by atoms with van der Waals surface area (Å²) in [5.41, 5.74) is -0.124. The molecule has 0 atom stereocenters. The van der Waals surface area contributed by atoms with E-state index < -0.39 is 67.8 Å². The van der Waals surface area contributed by atoms with Crippen molar-refractivity contribution < 1.29 is 30.8 Å². The quantitative estimate of drug-likeness (QED) is 0.173. The maximum atomic E-state index is 15.2. The first-order valence-electron chi connectivity index (χ1n) is 9.96. The molecule has 0 aliphatic rings. The molecule has 0 unspecified atom stereocenters. The van der Waals surface area contributed by atoms with Crippen LogP contribution in [-0.4, -0.2) is 16.4 Å². The Balaban J connectivity index is 2.75. The van der Waals surface area contributed by atoms with Crippen molar-refractivity contribution in [1.29, 1.82) is 0 Å². The second-order valence-corrected chi connectivity index (χ2v) is 20.2. The molecule has 0 aliphatic carbocycles. The third-order valence-electron chi connectivity index (χ3n) is 5.72. The van der Waals surface area contributed by atoms with Crippen molar-refractivity contribution >= 4 is 27.2 Å². The van der Waals surface area contributed by atoms with E-state index in [9.17, 15) is 22.0 Å². The van der Waals surface area contributed by atoms with Gasteiger partial charge in [0.05, 0.1) is 5.39 Å². The van der Waals surface area contributed by atoms with Crippen LogP contribution in [0.2, 0.25) is 42.8 Å². The predicted octanol–water partition coefficient (Wildman–Crippen LogP) is 8.16. The van der Waals surface area contributed by atoms with Gasteiger partial charge in [0.25, 0.3) is 8.32 Å². The topological polar surface area (TPSA) is 9.23 Å². The highest BCUT2D eigenvalue weighted by Gasteiger charge is 2.46. The molecule has 9 heteroatoms. The van der Waals surface area contributed by atoms with Crippen molar-refractivity contribution in [2.75, 3.05) is 0 Å². The van der Waals surface area contributed by atoms with Crippen LogP contribution in [0.5, 0.6) is 5.75 Å². The fraction of sp³-hybridized carbons (Fsp3) is 0.524. The van der Waals surface area contributed by atoms with Gasteiger partial charge >= 0.3 is 0 Å². The van der Waals surface area contributed by atoms with Gasteiger partial charge in [0.15, 0.2) is 34.8 Å². The van der Waals surface area contributed by atoms with Gasteiger partial charge in [-0.2, -0.15) is 4.39 Å². The monoisotopic (exact) mass is 466 g/mol. The fourth-order valence-electron chi connectivity index (χ4n) is 3.79. The second-order valence-electron chi connectivity index (χ2n) is 9.61. The molecule has 0 saturated heterocycles. The van der Waals surface area contributed by atoms with Crippen molar-refractivity contribution in [3.05, 3.63) is 41.0 Å². The van der Waals surface area contributed by atoms with E-state index in [1.807, 2.05) is 27.7 Å². The van der Waals surface area contributed by atoms with E-state index >= 15 is 4.39 Å². The van der Waals surface area contributed by atoms with E-state index in [1.54, 1.807) is 0 Å². The van der Waals surface area contributed by atoms with E-state index in [0.717, 1.165) is 6.04 Å². The highest BCUT2D eigenvalue weighted by atomic mass is 28.4. The molecule has 168 valence electrons. The number of benzene rings is 2. The zero-order chi connectivity index (χ0) is 23.2. The van der Waals surface area contributed by atoms with Crippen molar-refractivity contribution in [2.45, 2.75) is 70.5 Å². The average molecular weight is 467 g/mol. The van der Waals surface area contributed by atoms with Gasteiger partial charge in [-0.05, 0) is 23.2 Å². The molecule has 0 bridgehead atoms. The maximum Gasteiger partial charge on any atom is 0.256 e. The largest absolute Gasteiger partial charge is 0.539 e. The van der Waals surface area contributed by atoms with Crippen molar-refractivity contribution in [3.63, 3.8) is 0 Å². The molecule has 1 nitrogen and oxygen atoms in total. The second kappa shape index (κ2) is 8.57. The normalized spacial score (nSPS) is 13.0. The number of fused-ring (bicyclic) bond motifs is 1. The predicted molar refractivity (Wildman–Crippen MR) is 113 cm³/mol. The SMILES string of the molecule is CC(C)[Si](CC[Si](C)(C)C)(Oc1c(F)c(F)c2c(F)c(F)c(F)cc2c1F)C(C)C. The molecule has 0 fully saturated rings. The first-order valence-corrected chi connectivity index (χ1v) is 15.9. The van der Waals surface area contributed by atoms with Crippen LogP contribution in [0.15, 0.2) is 6.07 Å². The van der Waals surface area contributed by atoms with E-state index in [-0.39, 0.29) is 11.1 Å². The molecular formula is C21H28F6OSi2. The summed E-state index contributed by atoms with van der Waals surface area (Å²) in [6.07, 6.45) is 0. The van der Waals surface area contributed by atoms with Gasteiger partial charge in [-0.3, -0.25) is 0 Å². The van der Waals surface area contributed by atoms with Crippen LogP contribution >= 0.6 is 0 Å². The summed E-state index contributed by atoms with van der Waals surface area (Å²) in [5, 5.41) is -2.15. The van der Waals surface area contributed by atoms with Crippen LogP contribution in [0.25, 0.3) is 10.8 Å². The smallest absolute Gasteiger partial charge is 0.256 e. The van der Waals surface area contributed by atoms with Gasteiger partial charge in [-0.25, -0.2) is 22.0 Å². The third-order valence-corrected chi connectivity index (χ3v) is 13.5. The molecule has 0 radical (unpaired) electrons. The molecule has 0 aliphatic heterocycles. The molecule has 0 spiro atoms. The summed E-state index contributed by atoms with van der Waals surface area (Å²) in [7, 11) is -4.41. The number of hydrogen-bond donors (Lipinski definition) is 0. The van der Waals surface area contributed by atoms with E-state index in [0.29, 0.717) is 12.1 Å². The minimum absolute atomic E-state index is 0.0619. The lowest BCUT2D eigenvalue weighted by molar-refractivity contribution is 0.403. The molecule has 2 aromatic carbocycles. The first kappa shape index (κ1) is 24.8. The number of hydrogen-bond acceptors (Lipinski definition) is 1. The Morgan fingerprint density at radius 3 is 1.70 bits per heavy atom. The molecule has 2 aromatic rings. The highest BCUT2D eigenvalue weighted by molar-refractivity contribution is 6.81. The summed E-state index contributed by atoms with van der Waals surface area (Å²) < 4.78 is 91.9. The molecule has 0 N–H and O–H groups in total. The Kier molecular flexibility index (Phi) is 7.08. The summed E-state index contributed by atoms with van der Waals surface area (Å²) >= 11 is 0. The zero-order valence-corrected chi connectivity index (χ0v) is 20.3. The van der Waals surface area contributed by atoms with Crippen LogP contribution < -0.4 is 4.43 Å². The van der Waals surface area contributed by atoms with Crippen molar-refractivity contribution in [1.82, 2.24) is 0 Å². The van der Waals surface area contributed by atoms with Crippen LogP contribution in [-0.2, 0) is 0 Å². The minimum atomic E-state index is -2.89. The van der Waals surface area contributed by atoms with Crippen LogP contribution in [0, 0.1) is 34.9 Å². The van der Waals surface area contributed by atoms with Gasteiger partial charge in [-0.15, -0.1) is 0 Å². The molecule has 0 amide bonds. The Hall–Kier alpha value is -1.49. The molecule has 30 heavy (non-hydrogen) atoms. The molecule has 0 saturated carbocycles. The molecular weight excluding hydrogens is 438 g/mol. The van der Waals surface area contributed by atoms with Crippen LogP contribution in [0.1, 0.15) is 27.7 Å². The van der Waals surface area contributed by atoms with E-state index in [4.69, 9.17) is 4.43 Å². The Labute approximate surface area is 175 Å². The Morgan fingerprint density at radius 2 is 1.23 bits per heavy atom. The summed E-state index contributed by atoms with van der Waals surface area (Å²) in [5.74, 6) is -11.6. The van der Waals surface area contributed by atoms with Gasteiger partial charge in [0.1, 0.15) is 0 Å². The highest BCUT2D eigenvalue weighted by Crippen LogP contribution is 2.44. The number of halogens is 6. The van der Waals surface area contributed by atoms with E-state index in [1.165, 1.54) is 0 Å². The zero-order valence-electron chi connectivity index (χ0n) is 18.3. The van der Waals surface area contributed by atoms with Crippen LogP contribution in [0.4, 0.5) is 26.3 Å². The Bertz CT molecular complexity index is 945. The molecule has 2 rings (SSSR count). The van der Waals surface area contributed by atoms with Crippen molar-refractivity contribution in [3.8, 4) is 5.75 Å². The lowest BCUT2D eigenvalue weighted by atomic mass is 10.1. The summed E-state index contributed by atoms with van der Waals surface area (Å²) in [6, 6.07) is 1.79. The maximum absolute atomic E-state index is 15.2. The van der Waals surface area contributed by atoms with Gasteiger partial charge < -0.3 is 4.43 Å². The lowest BCUT2D eigenvalue weighted by Crippen LogP contribution is -2.49. The van der Waals surface area contributed by atoms with Gasteiger partial charge in [-0.1, -0.05) is 53.4 Å².